The van der Waals surface area contributed by atoms with E-state index in [4.69, 9.17) is 9.47 Å². The number of anilines is 2. The van der Waals surface area contributed by atoms with Gasteiger partial charge in [0.1, 0.15) is 17.8 Å². The van der Waals surface area contributed by atoms with Crippen LogP contribution < -0.4 is 19.7 Å². The monoisotopic (exact) mass is 422 g/mol. The summed E-state index contributed by atoms with van der Waals surface area (Å²) in [5.41, 5.74) is 2.94. The maximum absolute atomic E-state index is 12.9. The van der Waals surface area contributed by atoms with Crippen molar-refractivity contribution in [1.29, 1.82) is 0 Å². The van der Waals surface area contributed by atoms with Crippen LogP contribution in [0.1, 0.15) is 12.0 Å². The molecule has 1 aliphatic heterocycles. The Labute approximate surface area is 178 Å². The van der Waals surface area contributed by atoms with Crippen molar-refractivity contribution in [3.63, 3.8) is 0 Å². The number of aryl methyl sites for hydroxylation is 1. The molecule has 0 aliphatic carbocycles. The molecule has 1 aromatic heterocycles. The molecule has 2 amide bonds. The van der Waals surface area contributed by atoms with Gasteiger partial charge in [0.2, 0.25) is 11.8 Å². The zero-order valence-corrected chi connectivity index (χ0v) is 17.4. The van der Waals surface area contributed by atoms with Crippen molar-refractivity contribution in [3.8, 4) is 17.2 Å². The number of hydrogen-bond acceptors (Lipinski definition) is 7. The Bertz CT molecular complexity index is 1120. The highest BCUT2D eigenvalue weighted by Crippen LogP contribution is 2.36. The first-order chi connectivity index (χ1) is 15.0. The van der Waals surface area contributed by atoms with Crippen LogP contribution in [0.2, 0.25) is 0 Å². The van der Waals surface area contributed by atoms with Gasteiger partial charge in [-0.2, -0.15) is 0 Å². The predicted molar refractivity (Wildman–Crippen MR) is 113 cm³/mol. The fourth-order valence-electron chi connectivity index (χ4n) is 3.63. The third kappa shape index (κ3) is 4.04. The first-order valence-corrected chi connectivity index (χ1v) is 9.67. The van der Waals surface area contributed by atoms with Crippen LogP contribution in [-0.2, 0) is 9.59 Å². The molecule has 31 heavy (non-hydrogen) atoms. The van der Waals surface area contributed by atoms with E-state index >= 15 is 0 Å². The molecule has 1 unspecified atom stereocenters. The molecule has 2 heterocycles. The molecular formula is C21H22N6O4. The van der Waals surface area contributed by atoms with Crippen LogP contribution in [-0.4, -0.2) is 52.8 Å². The Hall–Kier alpha value is -3.95. The number of hydrogen-bond donors (Lipinski definition) is 1. The van der Waals surface area contributed by atoms with Crippen molar-refractivity contribution in [2.45, 2.75) is 13.3 Å². The van der Waals surface area contributed by atoms with E-state index in [1.54, 1.807) is 41.0 Å². The van der Waals surface area contributed by atoms with E-state index < -0.39 is 5.92 Å². The highest BCUT2D eigenvalue weighted by molar-refractivity contribution is 6.04. The molecule has 4 rings (SSSR count). The van der Waals surface area contributed by atoms with Crippen LogP contribution in [0.3, 0.4) is 0 Å². The molecule has 10 heteroatoms. The smallest absolute Gasteiger partial charge is 0.229 e. The third-order valence-electron chi connectivity index (χ3n) is 5.23. The largest absolute Gasteiger partial charge is 0.497 e. The third-order valence-corrected chi connectivity index (χ3v) is 5.23. The topological polar surface area (TPSA) is 111 Å². The van der Waals surface area contributed by atoms with Gasteiger partial charge in [-0.3, -0.25) is 9.59 Å². The molecule has 0 radical (unpaired) electrons. The number of tetrazole rings is 1. The van der Waals surface area contributed by atoms with E-state index in [9.17, 15) is 9.59 Å². The fraction of sp³-hybridized carbons (Fsp3) is 0.286. The van der Waals surface area contributed by atoms with E-state index in [2.05, 4.69) is 20.8 Å². The SMILES string of the molecule is COc1ccc(OC)c(N2CC(C(=O)Nc3ccc(-n4cnnn4)c(C)c3)CC2=O)c1. The second-order valence-electron chi connectivity index (χ2n) is 7.19. The molecule has 10 nitrogen and oxygen atoms in total. The Kier molecular flexibility index (Phi) is 5.52. The summed E-state index contributed by atoms with van der Waals surface area (Å²) in [5.74, 6) is 0.311. The minimum Gasteiger partial charge on any atom is -0.497 e. The summed E-state index contributed by atoms with van der Waals surface area (Å²) in [6.07, 6.45) is 1.63. The number of methoxy groups -OCH3 is 2. The number of amides is 2. The van der Waals surface area contributed by atoms with Crippen LogP contribution >= 0.6 is 0 Å². The normalized spacial score (nSPS) is 15.8. The molecule has 160 valence electrons. The first-order valence-electron chi connectivity index (χ1n) is 9.67. The Morgan fingerprint density at radius 1 is 1.13 bits per heavy atom. The zero-order chi connectivity index (χ0) is 22.0. The van der Waals surface area contributed by atoms with E-state index in [-0.39, 0.29) is 24.8 Å². The van der Waals surface area contributed by atoms with E-state index in [1.807, 2.05) is 19.1 Å². The Balaban J connectivity index is 1.48. The first kappa shape index (κ1) is 20.3. The number of nitrogens with zero attached hydrogens (tertiary/aromatic N) is 5. The average Bonchev–Trinajstić information content (AvgIpc) is 3.43. The molecule has 1 saturated heterocycles. The molecule has 1 N–H and O–H groups in total. The summed E-state index contributed by atoms with van der Waals surface area (Å²) in [5, 5.41) is 14.1. The van der Waals surface area contributed by atoms with E-state index in [1.165, 1.54) is 13.4 Å². The quantitative estimate of drug-likeness (QED) is 0.646. The molecule has 3 aromatic rings. The number of carbonyl (C=O) groups is 2. The number of carbonyl (C=O) groups excluding carboxylic acids is 2. The summed E-state index contributed by atoms with van der Waals surface area (Å²) in [6, 6.07) is 10.7. The van der Waals surface area contributed by atoms with Crippen molar-refractivity contribution in [1.82, 2.24) is 20.2 Å². The highest BCUT2D eigenvalue weighted by atomic mass is 16.5. The van der Waals surface area contributed by atoms with Crippen LogP contribution in [0.15, 0.2) is 42.7 Å². The Morgan fingerprint density at radius 2 is 1.97 bits per heavy atom. The van der Waals surface area contributed by atoms with Gasteiger partial charge in [-0.05, 0) is 53.2 Å². The lowest BCUT2D eigenvalue weighted by atomic mass is 10.1. The predicted octanol–water partition coefficient (Wildman–Crippen LogP) is 1.98. The van der Waals surface area contributed by atoms with Crippen LogP contribution in [0, 0.1) is 12.8 Å². The number of rotatable bonds is 6. The number of nitrogens with one attached hydrogen (secondary N) is 1. The lowest BCUT2D eigenvalue weighted by Gasteiger charge is -2.20. The van der Waals surface area contributed by atoms with Gasteiger partial charge in [-0.25, -0.2) is 4.68 Å². The lowest BCUT2D eigenvalue weighted by Crippen LogP contribution is -2.28. The molecule has 0 saturated carbocycles. The summed E-state index contributed by atoms with van der Waals surface area (Å²) < 4.78 is 12.2. The molecule has 2 aromatic carbocycles. The zero-order valence-electron chi connectivity index (χ0n) is 17.4. The number of benzene rings is 2. The van der Waals surface area contributed by atoms with Gasteiger partial charge in [0, 0.05) is 24.7 Å². The van der Waals surface area contributed by atoms with Gasteiger partial charge in [0.05, 0.1) is 31.5 Å². The highest BCUT2D eigenvalue weighted by Gasteiger charge is 2.36. The van der Waals surface area contributed by atoms with Crippen LogP contribution in [0.4, 0.5) is 11.4 Å². The number of aromatic nitrogens is 4. The standard InChI is InChI=1S/C21H22N6O4/c1-13-8-15(4-6-17(13)27-12-22-24-25-27)23-21(29)14-9-20(28)26(11-14)18-10-16(30-2)5-7-19(18)31-3/h4-8,10,12,14H,9,11H2,1-3H3,(H,23,29). The van der Waals surface area contributed by atoms with Gasteiger partial charge < -0.3 is 19.7 Å². The van der Waals surface area contributed by atoms with E-state index in [0.29, 0.717) is 22.9 Å². The maximum atomic E-state index is 12.9. The summed E-state index contributed by atoms with van der Waals surface area (Å²) >= 11 is 0. The molecule has 0 bridgehead atoms. The fourth-order valence-corrected chi connectivity index (χ4v) is 3.63. The minimum absolute atomic E-state index is 0.119. The van der Waals surface area contributed by atoms with Gasteiger partial charge in [-0.1, -0.05) is 0 Å². The maximum Gasteiger partial charge on any atom is 0.229 e. The second kappa shape index (κ2) is 8.42. The number of ether oxygens (including phenoxy) is 2. The van der Waals surface area contributed by atoms with Gasteiger partial charge in [0.25, 0.3) is 0 Å². The summed E-state index contributed by atoms with van der Waals surface area (Å²) in [7, 11) is 3.09. The molecule has 0 spiro atoms. The van der Waals surface area contributed by atoms with Gasteiger partial charge >= 0.3 is 0 Å². The average molecular weight is 422 g/mol. The minimum atomic E-state index is -0.483. The summed E-state index contributed by atoms with van der Waals surface area (Å²) in [4.78, 5) is 27.1. The lowest BCUT2D eigenvalue weighted by molar-refractivity contribution is -0.122. The van der Waals surface area contributed by atoms with E-state index in [0.717, 1.165) is 11.3 Å². The Morgan fingerprint density at radius 3 is 2.65 bits per heavy atom. The second-order valence-corrected chi connectivity index (χ2v) is 7.19. The van der Waals surface area contributed by atoms with Crippen LogP contribution in [0.5, 0.6) is 11.5 Å². The molecule has 1 aliphatic rings. The summed E-state index contributed by atoms with van der Waals surface area (Å²) in [6.45, 7) is 2.17. The molecule has 1 fully saturated rings. The van der Waals surface area contributed by atoms with Gasteiger partial charge in [0.15, 0.2) is 0 Å². The molecule has 1 atom stereocenters. The van der Waals surface area contributed by atoms with Crippen molar-refractivity contribution in [2.75, 3.05) is 31.0 Å². The van der Waals surface area contributed by atoms with Crippen molar-refractivity contribution in [3.05, 3.63) is 48.3 Å². The van der Waals surface area contributed by atoms with Crippen molar-refractivity contribution < 1.29 is 19.1 Å². The van der Waals surface area contributed by atoms with Crippen molar-refractivity contribution in [2.24, 2.45) is 5.92 Å². The van der Waals surface area contributed by atoms with Gasteiger partial charge in [-0.15, -0.1) is 5.10 Å². The van der Waals surface area contributed by atoms with Crippen LogP contribution in [0.25, 0.3) is 5.69 Å². The molecular weight excluding hydrogens is 400 g/mol. The van der Waals surface area contributed by atoms with Crippen molar-refractivity contribution >= 4 is 23.2 Å².